The van der Waals surface area contributed by atoms with Gasteiger partial charge in [0.15, 0.2) is 5.43 Å². The number of aryl methyl sites for hydroxylation is 1. The van der Waals surface area contributed by atoms with E-state index in [1.165, 1.54) is 12.1 Å². The highest BCUT2D eigenvalue weighted by molar-refractivity contribution is 5.56. The van der Waals surface area contributed by atoms with E-state index in [9.17, 15) is 4.79 Å². The molecular weight excluding hydrogens is 188 g/mol. The Hall–Kier alpha value is -1.83. The largest absolute Gasteiger partial charge is 0.461 e. The van der Waals surface area contributed by atoms with Crippen LogP contribution in [0, 0.1) is 0 Å². The van der Waals surface area contributed by atoms with Gasteiger partial charge >= 0.3 is 0 Å². The molecule has 0 fully saturated rings. The lowest BCUT2D eigenvalue weighted by molar-refractivity contribution is 0.511. The van der Waals surface area contributed by atoms with Crippen LogP contribution >= 0.6 is 0 Å². The lowest BCUT2D eigenvalue weighted by atomic mass is 10.1. The van der Waals surface area contributed by atoms with Crippen LogP contribution < -0.4 is 5.43 Å². The highest BCUT2D eigenvalue weighted by Crippen LogP contribution is 2.18. The Kier molecular flexibility index (Phi) is 2.68. The monoisotopic (exact) mass is 200 g/mol. The molecule has 2 rings (SSSR count). The first kappa shape index (κ1) is 9.71. The smallest absolute Gasteiger partial charge is 0.185 e. The second-order valence-electron chi connectivity index (χ2n) is 3.34. The number of hydrogen-bond acceptors (Lipinski definition) is 2. The number of hydrogen-bond donors (Lipinski definition) is 0. The van der Waals surface area contributed by atoms with Crippen molar-refractivity contribution in [1.29, 1.82) is 0 Å². The number of rotatable bonds is 2. The summed E-state index contributed by atoms with van der Waals surface area (Å²) >= 11 is 0. The molecule has 2 nitrogen and oxygen atoms in total. The molecule has 0 saturated heterocycles. The summed E-state index contributed by atoms with van der Waals surface area (Å²) in [6.07, 6.45) is 0.732. The lowest BCUT2D eigenvalue weighted by Crippen LogP contribution is -1.99. The molecule has 2 heteroatoms. The van der Waals surface area contributed by atoms with Crippen molar-refractivity contribution in [2.24, 2.45) is 0 Å². The first-order valence-corrected chi connectivity index (χ1v) is 4.99. The summed E-state index contributed by atoms with van der Waals surface area (Å²) < 4.78 is 5.59. The molecule has 0 saturated carbocycles. The van der Waals surface area contributed by atoms with Crippen LogP contribution in [0.25, 0.3) is 11.3 Å². The summed E-state index contributed by atoms with van der Waals surface area (Å²) in [7, 11) is 0. The number of benzene rings is 1. The van der Waals surface area contributed by atoms with Gasteiger partial charge in [0.05, 0.1) is 0 Å². The van der Waals surface area contributed by atoms with Crippen molar-refractivity contribution in [3.63, 3.8) is 0 Å². The van der Waals surface area contributed by atoms with Gasteiger partial charge in [-0.25, -0.2) is 0 Å². The van der Waals surface area contributed by atoms with Gasteiger partial charge in [-0.3, -0.25) is 4.79 Å². The molecule has 15 heavy (non-hydrogen) atoms. The lowest BCUT2D eigenvalue weighted by Gasteiger charge is -2.02. The van der Waals surface area contributed by atoms with Crippen molar-refractivity contribution < 1.29 is 4.42 Å². The van der Waals surface area contributed by atoms with E-state index < -0.39 is 0 Å². The molecule has 0 aliphatic heterocycles. The summed E-state index contributed by atoms with van der Waals surface area (Å²) in [5.74, 6) is 1.36. The van der Waals surface area contributed by atoms with Crippen molar-refractivity contribution in [3.05, 3.63) is 58.4 Å². The topological polar surface area (TPSA) is 30.2 Å². The summed E-state index contributed by atoms with van der Waals surface area (Å²) in [6.45, 7) is 1.97. The molecule has 1 heterocycles. The highest BCUT2D eigenvalue weighted by atomic mass is 16.3. The molecular formula is C13H12O2. The molecule has 0 N–H and O–H groups in total. The maximum atomic E-state index is 11.4. The summed E-state index contributed by atoms with van der Waals surface area (Å²) in [5, 5.41) is 0. The van der Waals surface area contributed by atoms with Crippen LogP contribution in [0.3, 0.4) is 0 Å². The van der Waals surface area contributed by atoms with E-state index in [0.29, 0.717) is 5.76 Å². The van der Waals surface area contributed by atoms with E-state index in [0.717, 1.165) is 17.7 Å². The zero-order chi connectivity index (χ0) is 10.7. The van der Waals surface area contributed by atoms with Gasteiger partial charge in [-0.1, -0.05) is 37.3 Å². The second kappa shape index (κ2) is 4.13. The molecule has 76 valence electrons. The van der Waals surface area contributed by atoms with Crippen LogP contribution in [0.15, 0.2) is 51.7 Å². The SMILES string of the molecule is CCc1cc(=O)cc(-c2ccccc2)o1. The van der Waals surface area contributed by atoms with Crippen LogP contribution in [0.1, 0.15) is 12.7 Å². The molecule has 2 aromatic rings. The molecule has 0 aliphatic carbocycles. The molecule has 0 aliphatic rings. The van der Waals surface area contributed by atoms with Crippen LogP contribution in [0.5, 0.6) is 0 Å². The summed E-state index contributed by atoms with van der Waals surface area (Å²) in [4.78, 5) is 11.4. The minimum atomic E-state index is -0.00282. The quantitative estimate of drug-likeness (QED) is 0.746. The van der Waals surface area contributed by atoms with Crippen molar-refractivity contribution >= 4 is 0 Å². The van der Waals surface area contributed by atoms with E-state index in [1.54, 1.807) is 0 Å². The summed E-state index contributed by atoms with van der Waals surface area (Å²) in [5.41, 5.74) is 0.932. The van der Waals surface area contributed by atoms with Gasteiger partial charge < -0.3 is 4.42 Å². The van der Waals surface area contributed by atoms with Crippen LogP contribution in [0.2, 0.25) is 0 Å². The van der Waals surface area contributed by atoms with Gasteiger partial charge in [-0.15, -0.1) is 0 Å². The Balaban J connectivity index is 2.54. The van der Waals surface area contributed by atoms with E-state index in [4.69, 9.17) is 4.42 Å². The van der Waals surface area contributed by atoms with E-state index in [1.807, 2.05) is 37.3 Å². The Bertz CT molecular complexity index is 497. The predicted molar refractivity (Wildman–Crippen MR) is 59.8 cm³/mol. The fourth-order valence-electron chi connectivity index (χ4n) is 1.45. The average Bonchev–Trinajstić information content (AvgIpc) is 2.29. The van der Waals surface area contributed by atoms with Gasteiger partial charge in [0, 0.05) is 24.1 Å². The molecule has 0 bridgehead atoms. The Labute approximate surface area is 88.2 Å². The molecule has 1 aromatic heterocycles. The van der Waals surface area contributed by atoms with Gasteiger partial charge in [-0.05, 0) is 0 Å². The molecule has 0 unspecified atom stereocenters. The van der Waals surface area contributed by atoms with Crippen molar-refractivity contribution in [3.8, 4) is 11.3 Å². The third-order valence-electron chi connectivity index (χ3n) is 2.22. The fraction of sp³-hybridized carbons (Fsp3) is 0.154. The molecule has 0 radical (unpaired) electrons. The van der Waals surface area contributed by atoms with E-state index in [-0.39, 0.29) is 5.43 Å². The minimum Gasteiger partial charge on any atom is -0.461 e. The predicted octanol–water partition coefficient (Wildman–Crippen LogP) is 2.87. The zero-order valence-corrected chi connectivity index (χ0v) is 8.57. The maximum Gasteiger partial charge on any atom is 0.185 e. The van der Waals surface area contributed by atoms with Crippen LogP contribution in [-0.4, -0.2) is 0 Å². The minimum absolute atomic E-state index is 0.00282. The van der Waals surface area contributed by atoms with Gasteiger partial charge in [0.2, 0.25) is 0 Å². The molecule has 0 amide bonds. The molecule has 0 atom stereocenters. The highest BCUT2D eigenvalue weighted by Gasteiger charge is 2.02. The fourth-order valence-corrected chi connectivity index (χ4v) is 1.45. The van der Waals surface area contributed by atoms with Crippen molar-refractivity contribution in [2.75, 3.05) is 0 Å². The van der Waals surface area contributed by atoms with Gasteiger partial charge in [0.25, 0.3) is 0 Å². The van der Waals surface area contributed by atoms with Crippen molar-refractivity contribution in [2.45, 2.75) is 13.3 Å². The average molecular weight is 200 g/mol. The third-order valence-corrected chi connectivity index (χ3v) is 2.22. The Morgan fingerprint density at radius 2 is 1.87 bits per heavy atom. The Morgan fingerprint density at radius 1 is 1.13 bits per heavy atom. The van der Waals surface area contributed by atoms with Crippen LogP contribution in [0.4, 0.5) is 0 Å². The van der Waals surface area contributed by atoms with E-state index >= 15 is 0 Å². The Morgan fingerprint density at radius 3 is 2.53 bits per heavy atom. The van der Waals surface area contributed by atoms with Crippen molar-refractivity contribution in [1.82, 2.24) is 0 Å². The summed E-state index contributed by atoms with van der Waals surface area (Å²) in [6, 6.07) is 12.7. The molecule has 0 spiro atoms. The van der Waals surface area contributed by atoms with Crippen LogP contribution in [-0.2, 0) is 6.42 Å². The van der Waals surface area contributed by atoms with Gasteiger partial charge in [0.1, 0.15) is 11.5 Å². The maximum absolute atomic E-state index is 11.4. The third kappa shape index (κ3) is 2.15. The zero-order valence-electron chi connectivity index (χ0n) is 8.57. The second-order valence-corrected chi connectivity index (χ2v) is 3.34. The van der Waals surface area contributed by atoms with E-state index in [2.05, 4.69) is 0 Å². The first-order chi connectivity index (χ1) is 7.29. The van der Waals surface area contributed by atoms with Gasteiger partial charge in [-0.2, -0.15) is 0 Å². The molecule has 1 aromatic carbocycles. The normalized spacial score (nSPS) is 10.2. The first-order valence-electron chi connectivity index (χ1n) is 4.99. The standard InChI is InChI=1S/C13H12O2/c1-2-12-8-11(14)9-13(15-12)10-6-4-3-5-7-10/h3-9H,2H2,1H3.